The summed E-state index contributed by atoms with van der Waals surface area (Å²) in [6, 6.07) is 8.59. The molecule has 0 bridgehead atoms. The Balaban J connectivity index is 1.18. The number of anilines is 3. The van der Waals surface area contributed by atoms with Crippen molar-refractivity contribution in [1.82, 2.24) is 24.8 Å². The van der Waals surface area contributed by atoms with Crippen LogP contribution in [0.15, 0.2) is 61.3 Å². The van der Waals surface area contributed by atoms with Crippen molar-refractivity contribution in [3.05, 3.63) is 78.3 Å². The molecule has 238 valence electrons. The van der Waals surface area contributed by atoms with Crippen LogP contribution in [0, 0.1) is 18.7 Å². The number of fused-ring (bicyclic) bond motifs is 1. The zero-order valence-corrected chi connectivity index (χ0v) is 26.0. The van der Waals surface area contributed by atoms with E-state index in [9.17, 15) is 23.6 Å². The molecule has 11 nitrogen and oxygen atoms in total. The van der Waals surface area contributed by atoms with Crippen LogP contribution in [0.25, 0.3) is 10.9 Å². The average Bonchev–Trinajstić information content (AvgIpc) is 3.60. The number of aryl methyl sites for hydroxylation is 1. The zero-order valence-electron chi connectivity index (χ0n) is 26.0. The Morgan fingerprint density at radius 1 is 1.07 bits per heavy atom. The lowest BCUT2D eigenvalue weighted by molar-refractivity contribution is -0.139. The van der Waals surface area contributed by atoms with Gasteiger partial charge >= 0.3 is 0 Å². The lowest BCUT2D eigenvalue weighted by atomic mass is 10.0. The first-order valence-electron chi connectivity index (χ1n) is 15.4. The molecule has 1 unspecified atom stereocenters. The van der Waals surface area contributed by atoms with Crippen molar-refractivity contribution in [3.63, 3.8) is 0 Å². The summed E-state index contributed by atoms with van der Waals surface area (Å²) in [5, 5.41) is 6.79. The van der Waals surface area contributed by atoms with Crippen LogP contribution in [0.2, 0.25) is 0 Å². The fourth-order valence-corrected chi connectivity index (χ4v) is 6.47. The smallest absolute Gasteiger partial charge is 0.249 e. The number of halogens is 1. The Morgan fingerprint density at radius 3 is 2.61 bits per heavy atom. The van der Waals surface area contributed by atoms with Crippen LogP contribution in [0.4, 0.5) is 21.5 Å². The third kappa shape index (κ3) is 6.19. The maximum atomic E-state index is 14.6. The van der Waals surface area contributed by atoms with Gasteiger partial charge in [0.15, 0.2) is 5.78 Å². The molecule has 12 heteroatoms. The van der Waals surface area contributed by atoms with Crippen LogP contribution in [0.1, 0.15) is 49.0 Å². The largest absolute Gasteiger partial charge is 0.353 e. The lowest BCUT2D eigenvalue weighted by Crippen LogP contribution is -2.56. The molecule has 0 saturated carbocycles. The van der Waals surface area contributed by atoms with Crippen molar-refractivity contribution < 1.29 is 23.6 Å². The van der Waals surface area contributed by atoms with E-state index < -0.39 is 23.8 Å². The molecular weight excluding hydrogens is 589 g/mol. The van der Waals surface area contributed by atoms with Crippen molar-refractivity contribution in [2.45, 2.75) is 58.7 Å². The minimum absolute atomic E-state index is 0.0671. The SMILES string of the molecule is CC(=O)c1cn(CC(=O)N2C[C@H](C)C[C@H]2C(=O)NC2CCCN(c3cc(C)ccc3F)C2=O)c2ccc(Nc3cncnc3)cc12. The zero-order chi connectivity index (χ0) is 32.5. The normalized spacial score (nSPS) is 19.8. The second kappa shape index (κ2) is 12.7. The molecule has 3 amide bonds. The van der Waals surface area contributed by atoms with E-state index in [0.717, 1.165) is 11.3 Å². The Hall–Kier alpha value is -5.13. The molecule has 2 aromatic heterocycles. The van der Waals surface area contributed by atoms with E-state index in [-0.39, 0.29) is 35.7 Å². The van der Waals surface area contributed by atoms with Crippen molar-refractivity contribution in [2.24, 2.45) is 5.92 Å². The number of Topliss-reactive ketones (excluding diaryl/α,β-unsaturated/α-hetero) is 1. The van der Waals surface area contributed by atoms with Gasteiger partial charge in [0.2, 0.25) is 17.7 Å². The summed E-state index contributed by atoms with van der Waals surface area (Å²) in [7, 11) is 0. The number of hydrogen-bond donors (Lipinski definition) is 2. The van der Waals surface area contributed by atoms with E-state index in [1.807, 2.05) is 32.0 Å². The van der Waals surface area contributed by atoms with E-state index in [4.69, 9.17) is 0 Å². The van der Waals surface area contributed by atoms with E-state index in [1.165, 1.54) is 24.2 Å². The highest BCUT2D eigenvalue weighted by Crippen LogP contribution is 2.30. The standard InChI is InChI=1S/C34H36FN7O4/c1-20-6-8-27(35)30(11-20)41-10-4-5-28(34(41)46)39-33(45)31-12-21(2)16-42(31)32(44)18-40-17-26(22(3)43)25-13-23(7-9-29(25)40)38-24-14-36-19-37-15-24/h6-9,11,13-15,17,19,21,28,31,38H,4-5,10,12,16,18H2,1-3H3,(H,39,45)/t21-,28?,31+/m1/s1. The van der Waals surface area contributed by atoms with Crippen LogP contribution in [0.5, 0.6) is 0 Å². The van der Waals surface area contributed by atoms with Crippen molar-refractivity contribution in [1.29, 1.82) is 0 Å². The average molecular weight is 626 g/mol. The fraction of sp³-hybridized carbons (Fsp3) is 0.353. The lowest BCUT2D eigenvalue weighted by Gasteiger charge is -2.34. The molecule has 46 heavy (non-hydrogen) atoms. The molecule has 0 aliphatic carbocycles. The van der Waals surface area contributed by atoms with Crippen LogP contribution in [0.3, 0.4) is 0 Å². The molecule has 4 aromatic rings. The number of likely N-dealkylation sites (tertiary alicyclic amines) is 1. The summed E-state index contributed by atoms with van der Waals surface area (Å²) in [5.41, 5.74) is 3.65. The summed E-state index contributed by atoms with van der Waals surface area (Å²) < 4.78 is 16.4. The van der Waals surface area contributed by atoms with Crippen LogP contribution in [-0.2, 0) is 20.9 Å². The fourth-order valence-electron chi connectivity index (χ4n) is 6.47. The van der Waals surface area contributed by atoms with Crippen LogP contribution >= 0.6 is 0 Å². The molecule has 2 aliphatic heterocycles. The van der Waals surface area contributed by atoms with Gasteiger partial charge in [-0.15, -0.1) is 0 Å². The number of rotatable bonds is 8. The summed E-state index contributed by atoms with van der Waals surface area (Å²) in [6.07, 6.45) is 7.88. The number of piperidine rings is 1. The van der Waals surface area contributed by atoms with E-state index >= 15 is 0 Å². The van der Waals surface area contributed by atoms with Crippen LogP contribution in [-0.4, -0.2) is 68.1 Å². The number of nitrogens with one attached hydrogen (secondary N) is 2. The number of hydrogen-bond acceptors (Lipinski definition) is 7. The molecule has 2 aliphatic rings. The van der Waals surface area contributed by atoms with Gasteiger partial charge in [-0.05, 0) is 74.9 Å². The van der Waals surface area contributed by atoms with Crippen LogP contribution < -0.4 is 15.5 Å². The summed E-state index contributed by atoms with van der Waals surface area (Å²) in [4.78, 5) is 64.3. The monoisotopic (exact) mass is 625 g/mol. The first kappa shape index (κ1) is 30.9. The summed E-state index contributed by atoms with van der Waals surface area (Å²) in [5.74, 6) is -1.58. The first-order valence-corrected chi connectivity index (χ1v) is 15.4. The second-order valence-electron chi connectivity index (χ2n) is 12.3. The van der Waals surface area contributed by atoms with Gasteiger partial charge in [-0.3, -0.25) is 19.2 Å². The topological polar surface area (TPSA) is 130 Å². The Morgan fingerprint density at radius 2 is 1.85 bits per heavy atom. The highest BCUT2D eigenvalue weighted by molar-refractivity contribution is 6.08. The van der Waals surface area contributed by atoms with Crippen molar-refractivity contribution in [2.75, 3.05) is 23.3 Å². The molecule has 3 atom stereocenters. The number of aromatic nitrogens is 3. The Labute approximate surface area is 265 Å². The minimum atomic E-state index is -0.814. The third-order valence-electron chi connectivity index (χ3n) is 8.70. The highest BCUT2D eigenvalue weighted by atomic mass is 19.1. The Kier molecular flexibility index (Phi) is 8.53. The maximum absolute atomic E-state index is 14.6. The van der Waals surface area contributed by atoms with E-state index in [0.29, 0.717) is 54.5 Å². The predicted octanol–water partition coefficient (Wildman–Crippen LogP) is 4.37. The van der Waals surface area contributed by atoms with Gasteiger partial charge < -0.3 is 25.0 Å². The molecular formula is C34H36FN7O4. The highest BCUT2D eigenvalue weighted by Gasteiger charge is 2.40. The van der Waals surface area contributed by atoms with Crippen molar-refractivity contribution in [3.8, 4) is 0 Å². The summed E-state index contributed by atoms with van der Waals surface area (Å²) in [6.45, 7) is 5.98. The summed E-state index contributed by atoms with van der Waals surface area (Å²) >= 11 is 0. The van der Waals surface area contributed by atoms with Gasteiger partial charge in [-0.1, -0.05) is 13.0 Å². The number of carbonyl (C=O) groups is 4. The van der Waals surface area contributed by atoms with Crippen molar-refractivity contribution >= 4 is 51.5 Å². The molecule has 0 radical (unpaired) electrons. The van der Waals surface area contributed by atoms with Gasteiger partial charge in [-0.25, -0.2) is 14.4 Å². The minimum Gasteiger partial charge on any atom is -0.353 e. The second-order valence-corrected chi connectivity index (χ2v) is 12.3. The Bertz CT molecular complexity index is 1830. The molecule has 2 aromatic carbocycles. The van der Waals surface area contributed by atoms with Gasteiger partial charge in [0.05, 0.1) is 23.8 Å². The van der Waals surface area contributed by atoms with Gasteiger partial charge in [-0.2, -0.15) is 0 Å². The maximum Gasteiger partial charge on any atom is 0.249 e. The number of ketones is 1. The molecule has 2 N–H and O–H groups in total. The predicted molar refractivity (Wildman–Crippen MR) is 171 cm³/mol. The molecule has 2 fully saturated rings. The molecule has 4 heterocycles. The quantitative estimate of drug-likeness (QED) is 0.278. The van der Waals surface area contributed by atoms with Gasteiger partial charge in [0.1, 0.15) is 30.8 Å². The first-order chi connectivity index (χ1) is 22.1. The number of amides is 3. The molecule has 0 spiro atoms. The van der Waals surface area contributed by atoms with E-state index in [1.54, 1.807) is 40.2 Å². The molecule has 6 rings (SSSR count). The number of carbonyl (C=O) groups excluding carboxylic acids is 4. The van der Waals surface area contributed by atoms with E-state index in [2.05, 4.69) is 20.6 Å². The molecule has 2 saturated heterocycles. The van der Waals surface area contributed by atoms with Gasteiger partial charge in [0, 0.05) is 41.4 Å². The number of benzene rings is 2. The third-order valence-corrected chi connectivity index (χ3v) is 8.70. The number of nitrogens with zero attached hydrogens (tertiary/aromatic N) is 5. The van der Waals surface area contributed by atoms with Gasteiger partial charge in [0.25, 0.3) is 0 Å².